The number of esters is 1. The first kappa shape index (κ1) is 33.7. The number of hydrogen-bond acceptors (Lipinski definition) is 9. The van der Waals surface area contributed by atoms with Crippen LogP contribution in [0.25, 0.3) is 0 Å². The van der Waals surface area contributed by atoms with Gasteiger partial charge >= 0.3 is 5.97 Å². The summed E-state index contributed by atoms with van der Waals surface area (Å²) in [6, 6.07) is 0. The molecule has 2 saturated heterocycles. The first-order valence-corrected chi connectivity index (χ1v) is 18.2. The normalized spacial score (nSPS) is 54.7. The van der Waals surface area contributed by atoms with E-state index in [4.69, 9.17) is 18.9 Å². The molecule has 0 amide bonds. The molecule has 262 valence electrons. The molecule has 0 aromatic rings. The minimum absolute atomic E-state index is 0.0567. The summed E-state index contributed by atoms with van der Waals surface area (Å²) < 4.78 is 24.8. The Bertz CT molecular complexity index is 1220. The zero-order chi connectivity index (χ0) is 33.4. The van der Waals surface area contributed by atoms with E-state index in [0.717, 1.165) is 32.1 Å². The molecule has 2 spiro atoms. The molecular weight excluding hydrogens is 588 g/mol. The van der Waals surface area contributed by atoms with Crippen LogP contribution in [0.3, 0.4) is 0 Å². The van der Waals surface area contributed by atoms with Gasteiger partial charge in [-0.05, 0) is 117 Å². The van der Waals surface area contributed by atoms with Crippen LogP contribution in [0.4, 0.5) is 0 Å². The molecule has 2 aliphatic heterocycles. The summed E-state index contributed by atoms with van der Waals surface area (Å²) in [5, 5.41) is 44.4. The zero-order valence-electron chi connectivity index (χ0n) is 29.3. The molecule has 0 aromatic heterocycles. The first-order valence-electron chi connectivity index (χ1n) is 18.2. The van der Waals surface area contributed by atoms with Gasteiger partial charge < -0.3 is 39.4 Å². The highest BCUT2D eigenvalue weighted by atomic mass is 16.7. The Kier molecular flexibility index (Phi) is 7.76. The van der Waals surface area contributed by atoms with E-state index in [1.54, 1.807) is 13.8 Å². The van der Waals surface area contributed by atoms with Crippen molar-refractivity contribution in [1.29, 1.82) is 0 Å². The molecule has 5 saturated carbocycles. The second kappa shape index (κ2) is 10.6. The van der Waals surface area contributed by atoms with Crippen LogP contribution in [0.2, 0.25) is 0 Å². The van der Waals surface area contributed by atoms with Gasteiger partial charge in [-0.15, -0.1) is 0 Å². The van der Waals surface area contributed by atoms with E-state index < -0.39 is 48.4 Å². The Balaban J connectivity index is 1.15. The third-order valence-electron chi connectivity index (χ3n) is 15.8. The SMILES string of the molecule is CC(=O)OC(C1CC(C)C2C(O1)C(O)C1(C)C3CCC4C(C)(C)C(OC5OCCC(O)C5O)CCC45CC35CCC21C)C(C)(C)O. The van der Waals surface area contributed by atoms with Crippen molar-refractivity contribution in [1.82, 2.24) is 0 Å². The van der Waals surface area contributed by atoms with E-state index in [2.05, 4.69) is 34.6 Å². The summed E-state index contributed by atoms with van der Waals surface area (Å²) >= 11 is 0. The van der Waals surface area contributed by atoms with Crippen molar-refractivity contribution in [2.75, 3.05) is 6.61 Å². The Morgan fingerprint density at radius 1 is 0.957 bits per heavy atom. The van der Waals surface area contributed by atoms with E-state index in [-0.39, 0.29) is 51.1 Å². The monoisotopic (exact) mass is 648 g/mol. The van der Waals surface area contributed by atoms with Gasteiger partial charge in [0, 0.05) is 12.3 Å². The molecule has 16 unspecified atom stereocenters. The van der Waals surface area contributed by atoms with E-state index in [0.29, 0.717) is 31.3 Å². The smallest absolute Gasteiger partial charge is 0.303 e. The highest BCUT2D eigenvalue weighted by molar-refractivity contribution is 5.66. The molecule has 7 aliphatic rings. The molecule has 0 bridgehead atoms. The van der Waals surface area contributed by atoms with E-state index in [9.17, 15) is 25.2 Å². The van der Waals surface area contributed by atoms with Gasteiger partial charge in [0.2, 0.25) is 0 Å². The van der Waals surface area contributed by atoms with Crippen LogP contribution in [-0.2, 0) is 23.7 Å². The van der Waals surface area contributed by atoms with Crippen molar-refractivity contribution in [3.8, 4) is 0 Å². The Hall–Kier alpha value is -0.810. The summed E-state index contributed by atoms with van der Waals surface area (Å²) in [5.41, 5.74) is -1.39. The van der Waals surface area contributed by atoms with Crippen molar-refractivity contribution >= 4 is 5.97 Å². The topological polar surface area (TPSA) is 135 Å². The molecule has 7 rings (SSSR count). The summed E-state index contributed by atoms with van der Waals surface area (Å²) in [6.07, 6.45) is 3.65. The minimum atomic E-state index is -1.27. The highest BCUT2D eigenvalue weighted by Gasteiger charge is 2.84. The van der Waals surface area contributed by atoms with Crippen LogP contribution in [0.5, 0.6) is 0 Å². The summed E-state index contributed by atoms with van der Waals surface area (Å²) in [4.78, 5) is 12.1. The predicted octanol–water partition coefficient (Wildman–Crippen LogP) is 4.36. The number of aliphatic hydroxyl groups is 4. The van der Waals surface area contributed by atoms with Gasteiger partial charge in [0.15, 0.2) is 12.4 Å². The third kappa shape index (κ3) is 4.33. The number of carbonyl (C=O) groups excluding carboxylic acids is 1. The largest absolute Gasteiger partial charge is 0.457 e. The maximum absolute atomic E-state index is 12.5. The van der Waals surface area contributed by atoms with Crippen molar-refractivity contribution < 1.29 is 44.2 Å². The van der Waals surface area contributed by atoms with Crippen LogP contribution < -0.4 is 0 Å². The number of fused-ring (bicyclic) bond motifs is 4. The Morgan fingerprint density at radius 2 is 1.63 bits per heavy atom. The van der Waals surface area contributed by atoms with Crippen molar-refractivity contribution in [3.05, 3.63) is 0 Å². The second-order valence-electron chi connectivity index (χ2n) is 18.4. The van der Waals surface area contributed by atoms with Gasteiger partial charge in [0.25, 0.3) is 0 Å². The number of hydrogen-bond donors (Lipinski definition) is 4. The lowest BCUT2D eigenvalue weighted by Gasteiger charge is -2.64. The summed E-state index contributed by atoms with van der Waals surface area (Å²) in [7, 11) is 0. The average Bonchev–Trinajstić information content (AvgIpc) is 3.59. The van der Waals surface area contributed by atoms with Crippen LogP contribution in [0.1, 0.15) is 113 Å². The molecule has 2 heterocycles. The summed E-state index contributed by atoms with van der Waals surface area (Å²) in [6.45, 7) is 16.8. The molecule has 9 nitrogen and oxygen atoms in total. The number of aliphatic hydroxyl groups excluding tert-OH is 3. The first-order chi connectivity index (χ1) is 21.3. The fraction of sp³-hybridized carbons (Fsp3) is 0.973. The Morgan fingerprint density at radius 3 is 2.30 bits per heavy atom. The lowest BCUT2D eigenvalue weighted by Crippen LogP contribution is -2.60. The second-order valence-corrected chi connectivity index (χ2v) is 18.4. The molecule has 16 atom stereocenters. The third-order valence-corrected chi connectivity index (χ3v) is 15.8. The molecule has 9 heteroatoms. The minimum Gasteiger partial charge on any atom is -0.457 e. The Labute approximate surface area is 275 Å². The molecule has 46 heavy (non-hydrogen) atoms. The van der Waals surface area contributed by atoms with E-state index >= 15 is 0 Å². The van der Waals surface area contributed by atoms with Crippen LogP contribution >= 0.6 is 0 Å². The fourth-order valence-corrected chi connectivity index (χ4v) is 13.6. The van der Waals surface area contributed by atoms with Crippen LogP contribution in [0, 0.1) is 50.7 Å². The van der Waals surface area contributed by atoms with Gasteiger partial charge in [-0.25, -0.2) is 0 Å². The van der Waals surface area contributed by atoms with E-state index in [1.165, 1.54) is 19.8 Å². The highest BCUT2D eigenvalue weighted by Crippen LogP contribution is 2.89. The van der Waals surface area contributed by atoms with E-state index in [1.807, 2.05) is 0 Å². The van der Waals surface area contributed by atoms with Gasteiger partial charge in [-0.2, -0.15) is 0 Å². The average molecular weight is 649 g/mol. The molecule has 0 aromatic carbocycles. The van der Waals surface area contributed by atoms with Crippen molar-refractivity contribution in [2.24, 2.45) is 50.7 Å². The molecule has 7 fully saturated rings. The molecule has 4 N–H and O–H groups in total. The van der Waals surface area contributed by atoms with Gasteiger partial charge in [-0.3, -0.25) is 4.79 Å². The van der Waals surface area contributed by atoms with Crippen LogP contribution in [-0.4, -0.2) is 87.6 Å². The van der Waals surface area contributed by atoms with Crippen molar-refractivity contribution in [2.45, 2.75) is 168 Å². The van der Waals surface area contributed by atoms with Crippen molar-refractivity contribution in [3.63, 3.8) is 0 Å². The lowest BCUT2D eigenvalue weighted by atomic mass is 9.41. The maximum Gasteiger partial charge on any atom is 0.303 e. The van der Waals surface area contributed by atoms with Gasteiger partial charge in [-0.1, -0.05) is 34.6 Å². The number of carbonyl (C=O) groups is 1. The number of ether oxygens (including phenoxy) is 4. The molecule has 0 radical (unpaired) electrons. The zero-order valence-corrected chi connectivity index (χ0v) is 29.3. The number of rotatable bonds is 5. The summed E-state index contributed by atoms with van der Waals surface area (Å²) in [5.74, 6) is 0.851. The van der Waals surface area contributed by atoms with Crippen LogP contribution in [0.15, 0.2) is 0 Å². The standard InChI is InChI=1S/C37H60O9/c1-19-17-22(30(33(5,6)42)44-20(2)38)45-28-26(19)34(7)14-15-37-18-36(37)13-11-25(46-31-27(40)21(39)12-16-43-31)32(3,4)23(36)9-10-24(37)35(34,8)29(28)41/h19,21-31,39-42H,9-18H2,1-8H3. The predicted molar refractivity (Wildman–Crippen MR) is 169 cm³/mol. The lowest BCUT2D eigenvalue weighted by molar-refractivity contribution is -0.286. The molecular formula is C37H60O9. The fourth-order valence-electron chi connectivity index (χ4n) is 13.6. The molecule has 5 aliphatic carbocycles. The maximum atomic E-state index is 12.5. The van der Waals surface area contributed by atoms with Gasteiger partial charge in [0.05, 0.1) is 42.7 Å². The quantitative estimate of drug-likeness (QED) is 0.254. The van der Waals surface area contributed by atoms with Gasteiger partial charge in [0.1, 0.15) is 6.10 Å².